The van der Waals surface area contributed by atoms with Crippen LogP contribution in [0.1, 0.15) is 18.5 Å². The molecule has 3 heterocycles. The van der Waals surface area contributed by atoms with Crippen molar-refractivity contribution in [3.63, 3.8) is 0 Å². The lowest BCUT2D eigenvalue weighted by molar-refractivity contribution is -0.286. The normalized spacial score (nSPS) is 19.3. The van der Waals surface area contributed by atoms with E-state index in [2.05, 4.69) is 19.8 Å². The Morgan fingerprint density at radius 1 is 1.17 bits per heavy atom. The van der Waals surface area contributed by atoms with E-state index in [1.807, 2.05) is 13.0 Å². The second-order valence-electron chi connectivity index (χ2n) is 6.99. The van der Waals surface area contributed by atoms with E-state index in [0.717, 1.165) is 11.8 Å². The van der Waals surface area contributed by atoms with Gasteiger partial charge in [-0.05, 0) is 44.0 Å². The maximum atomic E-state index is 13.2. The molecule has 8 nitrogen and oxygen atoms in total. The molecule has 3 N–H and O–H groups in total. The van der Waals surface area contributed by atoms with Gasteiger partial charge in [0.2, 0.25) is 10.0 Å². The summed E-state index contributed by atoms with van der Waals surface area (Å²) < 4.78 is 62.1. The SMILES string of the molecule is Cc1ccc(N)c(NC2CCN(S(=O)(=O)c3ccc4c(c3)OC(F)(F)O4)CC2)n1. The van der Waals surface area contributed by atoms with Crippen LogP contribution in [0.5, 0.6) is 11.5 Å². The summed E-state index contributed by atoms with van der Waals surface area (Å²) in [6.45, 7) is 2.41. The highest BCUT2D eigenvalue weighted by molar-refractivity contribution is 7.89. The van der Waals surface area contributed by atoms with Crippen LogP contribution in [0.15, 0.2) is 35.2 Å². The Hall–Kier alpha value is -2.66. The molecule has 0 bridgehead atoms. The molecule has 0 unspecified atom stereocenters. The Bertz CT molecular complexity index is 1040. The van der Waals surface area contributed by atoms with Crippen LogP contribution >= 0.6 is 0 Å². The third-order valence-electron chi connectivity index (χ3n) is 4.87. The van der Waals surface area contributed by atoms with E-state index < -0.39 is 16.3 Å². The summed E-state index contributed by atoms with van der Waals surface area (Å²) in [6, 6.07) is 7.08. The number of hydrogen-bond acceptors (Lipinski definition) is 7. The Morgan fingerprint density at radius 3 is 2.59 bits per heavy atom. The maximum absolute atomic E-state index is 13.2. The first-order valence-corrected chi connectivity index (χ1v) is 10.5. The molecule has 0 atom stereocenters. The number of aryl methyl sites for hydroxylation is 1. The van der Waals surface area contributed by atoms with Gasteiger partial charge in [-0.2, -0.15) is 4.31 Å². The Labute approximate surface area is 166 Å². The molecular formula is C18H20F2N4O4S. The quantitative estimate of drug-likeness (QED) is 0.774. The third kappa shape index (κ3) is 3.92. The number of nitrogens with two attached hydrogens (primary N) is 1. The number of alkyl halides is 2. The van der Waals surface area contributed by atoms with Crippen molar-refractivity contribution in [3.8, 4) is 11.5 Å². The van der Waals surface area contributed by atoms with Crippen LogP contribution in [-0.2, 0) is 10.0 Å². The number of benzene rings is 1. The molecule has 2 aromatic rings. The highest BCUT2D eigenvalue weighted by Gasteiger charge is 2.44. The maximum Gasteiger partial charge on any atom is 0.586 e. The number of fused-ring (bicyclic) bond motifs is 1. The molecule has 2 aliphatic rings. The molecule has 29 heavy (non-hydrogen) atoms. The highest BCUT2D eigenvalue weighted by atomic mass is 32.2. The van der Waals surface area contributed by atoms with Crippen LogP contribution in [0.2, 0.25) is 0 Å². The second-order valence-corrected chi connectivity index (χ2v) is 8.93. The van der Waals surface area contributed by atoms with Gasteiger partial charge < -0.3 is 20.5 Å². The van der Waals surface area contributed by atoms with Crippen molar-refractivity contribution in [2.45, 2.75) is 37.0 Å². The van der Waals surface area contributed by atoms with Crippen LogP contribution in [0, 0.1) is 6.92 Å². The lowest BCUT2D eigenvalue weighted by Gasteiger charge is -2.32. The zero-order valence-corrected chi connectivity index (χ0v) is 16.4. The summed E-state index contributed by atoms with van der Waals surface area (Å²) in [4.78, 5) is 4.26. The summed E-state index contributed by atoms with van der Waals surface area (Å²) in [6.07, 6.45) is -2.69. The lowest BCUT2D eigenvalue weighted by atomic mass is 10.1. The first-order chi connectivity index (χ1) is 13.6. The van der Waals surface area contributed by atoms with Crippen molar-refractivity contribution in [2.75, 3.05) is 24.1 Å². The summed E-state index contributed by atoms with van der Waals surface area (Å²) >= 11 is 0. The number of sulfonamides is 1. The van der Waals surface area contributed by atoms with Gasteiger partial charge in [-0.1, -0.05) is 0 Å². The number of pyridine rings is 1. The van der Waals surface area contributed by atoms with Gasteiger partial charge in [-0.3, -0.25) is 0 Å². The van der Waals surface area contributed by atoms with Crippen LogP contribution in [0.25, 0.3) is 0 Å². The summed E-state index contributed by atoms with van der Waals surface area (Å²) in [5.74, 6) is 0.0942. The molecule has 0 aliphatic carbocycles. The van der Waals surface area contributed by atoms with Crippen molar-refractivity contribution < 1.29 is 26.7 Å². The Kier molecular flexibility index (Phi) is 4.74. The van der Waals surface area contributed by atoms with Gasteiger partial charge in [0.05, 0.1) is 10.6 Å². The van der Waals surface area contributed by atoms with E-state index in [1.165, 1.54) is 16.4 Å². The minimum Gasteiger partial charge on any atom is -0.396 e. The molecule has 1 fully saturated rings. The van der Waals surface area contributed by atoms with Gasteiger partial charge in [-0.15, -0.1) is 8.78 Å². The van der Waals surface area contributed by atoms with Crippen LogP contribution in [0.4, 0.5) is 20.3 Å². The minimum atomic E-state index is -3.85. The largest absolute Gasteiger partial charge is 0.586 e. The molecule has 0 saturated carbocycles. The first-order valence-electron chi connectivity index (χ1n) is 9.04. The van der Waals surface area contributed by atoms with E-state index >= 15 is 0 Å². The summed E-state index contributed by atoms with van der Waals surface area (Å²) in [5, 5.41) is 3.27. The van der Waals surface area contributed by atoms with Crippen LogP contribution < -0.4 is 20.5 Å². The van der Waals surface area contributed by atoms with E-state index in [-0.39, 0.29) is 35.5 Å². The van der Waals surface area contributed by atoms with Gasteiger partial charge >= 0.3 is 6.29 Å². The molecule has 156 valence electrons. The predicted molar refractivity (Wildman–Crippen MR) is 101 cm³/mol. The monoisotopic (exact) mass is 426 g/mol. The lowest BCUT2D eigenvalue weighted by Crippen LogP contribution is -2.42. The third-order valence-corrected chi connectivity index (χ3v) is 6.77. The van der Waals surface area contributed by atoms with Gasteiger partial charge in [0.1, 0.15) is 5.82 Å². The molecule has 2 aliphatic heterocycles. The smallest absolute Gasteiger partial charge is 0.396 e. The van der Waals surface area contributed by atoms with E-state index in [4.69, 9.17) is 5.73 Å². The number of halogens is 2. The molecule has 1 saturated heterocycles. The second kappa shape index (κ2) is 6.99. The number of anilines is 2. The average molecular weight is 426 g/mol. The number of hydrogen-bond donors (Lipinski definition) is 2. The number of aromatic nitrogens is 1. The molecule has 1 aromatic heterocycles. The Balaban J connectivity index is 1.44. The van der Waals surface area contributed by atoms with Crippen molar-refractivity contribution in [1.29, 1.82) is 0 Å². The molecule has 0 radical (unpaired) electrons. The molecule has 1 aromatic carbocycles. The standard InChI is InChI=1S/C18H20F2N4O4S/c1-11-2-4-14(21)17(22-11)23-12-6-8-24(9-7-12)29(25,26)13-3-5-15-16(10-13)28-18(19,20)27-15/h2-5,10,12H,6-9,21H2,1H3,(H,22,23). The fourth-order valence-corrected chi connectivity index (χ4v) is 4.84. The summed E-state index contributed by atoms with van der Waals surface area (Å²) in [7, 11) is -3.85. The summed E-state index contributed by atoms with van der Waals surface area (Å²) in [5.41, 5.74) is 7.30. The van der Waals surface area contributed by atoms with E-state index in [9.17, 15) is 17.2 Å². The van der Waals surface area contributed by atoms with E-state index in [1.54, 1.807) is 6.07 Å². The van der Waals surface area contributed by atoms with Crippen molar-refractivity contribution in [3.05, 3.63) is 36.0 Å². The first kappa shape index (κ1) is 19.6. The fourth-order valence-electron chi connectivity index (χ4n) is 3.36. The van der Waals surface area contributed by atoms with Gasteiger partial charge in [0.15, 0.2) is 11.5 Å². The molecule has 0 amide bonds. The van der Waals surface area contributed by atoms with Crippen molar-refractivity contribution >= 4 is 21.5 Å². The zero-order chi connectivity index (χ0) is 20.8. The number of nitrogen functional groups attached to an aromatic ring is 1. The molecule has 4 rings (SSSR count). The zero-order valence-electron chi connectivity index (χ0n) is 15.6. The van der Waals surface area contributed by atoms with Crippen LogP contribution in [0.3, 0.4) is 0 Å². The van der Waals surface area contributed by atoms with Gasteiger partial charge in [-0.25, -0.2) is 13.4 Å². The number of rotatable bonds is 4. The minimum absolute atomic E-state index is 0.0218. The number of nitrogens with one attached hydrogen (secondary N) is 1. The molecule has 11 heteroatoms. The van der Waals surface area contributed by atoms with Crippen molar-refractivity contribution in [2.24, 2.45) is 0 Å². The topological polar surface area (TPSA) is 107 Å². The van der Waals surface area contributed by atoms with Crippen LogP contribution in [-0.4, -0.2) is 43.1 Å². The van der Waals surface area contributed by atoms with Gasteiger partial charge in [0.25, 0.3) is 0 Å². The fraction of sp³-hybridized carbons (Fsp3) is 0.389. The average Bonchev–Trinajstić information content (AvgIpc) is 2.98. The van der Waals surface area contributed by atoms with Gasteiger partial charge in [0, 0.05) is 30.9 Å². The highest BCUT2D eigenvalue weighted by Crippen LogP contribution is 2.42. The Morgan fingerprint density at radius 2 is 1.86 bits per heavy atom. The number of piperidine rings is 1. The van der Waals surface area contributed by atoms with E-state index in [0.29, 0.717) is 24.3 Å². The molecule has 0 spiro atoms. The predicted octanol–water partition coefficient (Wildman–Crippen LogP) is 2.56. The number of ether oxygens (including phenoxy) is 2. The number of nitrogens with zero attached hydrogens (tertiary/aromatic N) is 2. The molecular weight excluding hydrogens is 406 g/mol. The van der Waals surface area contributed by atoms with Crippen molar-refractivity contribution in [1.82, 2.24) is 9.29 Å².